The first-order valence-corrected chi connectivity index (χ1v) is 32.4. The molecule has 0 amide bonds. The summed E-state index contributed by atoms with van der Waals surface area (Å²) in [6.45, 7) is 24.2. The number of rotatable bonds is 35. The third kappa shape index (κ3) is 26.2. The van der Waals surface area contributed by atoms with Gasteiger partial charge in [0.1, 0.15) is 0 Å². The molecule has 0 saturated carbocycles. The Bertz CT molecular complexity index is 1350. The summed E-state index contributed by atoms with van der Waals surface area (Å²) in [4.78, 5) is 10.7. The summed E-state index contributed by atoms with van der Waals surface area (Å²) < 4.78 is 0. The first-order valence-electron chi connectivity index (χ1n) is 25.2. The normalized spacial score (nSPS) is 13.7. The van der Waals surface area contributed by atoms with Crippen molar-refractivity contribution < 1.29 is 20.4 Å². The van der Waals surface area contributed by atoms with Gasteiger partial charge in [-0.05, 0) is 72.2 Å². The zero-order chi connectivity index (χ0) is 42.5. The molecule has 0 bridgehead atoms. The van der Waals surface area contributed by atoms with Crippen LogP contribution in [0.15, 0.2) is 58.5 Å². The van der Waals surface area contributed by atoms with Gasteiger partial charge in [-0.3, -0.25) is 9.98 Å². The predicted octanol–water partition coefficient (Wildman–Crippen LogP) is 19.5. The van der Waals surface area contributed by atoms with E-state index in [1.165, 1.54) is 183 Å². The molecular weight excluding hydrogens is 839 g/mol. The molecule has 0 fully saturated rings. The van der Waals surface area contributed by atoms with Crippen LogP contribution in [0.3, 0.4) is 0 Å². The van der Waals surface area contributed by atoms with Gasteiger partial charge in [-0.15, -0.1) is 0 Å². The SMILES string of the molecule is CCCCCCCCCCCCCCCCCCCCCCCCCCC(=Nc1ccc(C(C)[Si](C)(C)C)cc1)C(CCCC)=Nc1ccc(C(C)[Si](C)(C)C)cc1.[Pd]. The summed E-state index contributed by atoms with van der Waals surface area (Å²) in [7, 11) is -2.51. The van der Waals surface area contributed by atoms with E-state index < -0.39 is 16.1 Å². The van der Waals surface area contributed by atoms with Crippen LogP contribution in [0.1, 0.15) is 230 Å². The van der Waals surface area contributed by atoms with Crippen molar-refractivity contribution in [3.63, 3.8) is 0 Å². The molecule has 2 unspecified atom stereocenters. The molecule has 0 saturated heterocycles. The minimum Gasteiger partial charge on any atom is -0.252 e. The number of aliphatic imine (C=N–C) groups is 2. The summed E-state index contributed by atoms with van der Waals surface area (Å²) in [6, 6.07) is 18.4. The molecule has 0 aliphatic carbocycles. The smallest absolute Gasteiger partial charge is 0.0633 e. The van der Waals surface area contributed by atoms with E-state index in [2.05, 4.69) is 116 Å². The Morgan fingerprint density at radius 2 is 0.610 bits per heavy atom. The Balaban J connectivity index is 0.0000174. The van der Waals surface area contributed by atoms with Crippen LogP contribution in [0.5, 0.6) is 0 Å². The van der Waals surface area contributed by atoms with E-state index in [-0.39, 0.29) is 20.4 Å². The fourth-order valence-corrected chi connectivity index (χ4v) is 10.5. The van der Waals surface area contributed by atoms with Gasteiger partial charge in [0.05, 0.1) is 38.9 Å². The molecule has 2 atom stereocenters. The number of hydrogen-bond acceptors (Lipinski definition) is 2. The van der Waals surface area contributed by atoms with E-state index in [1.54, 1.807) is 0 Å². The van der Waals surface area contributed by atoms with Crippen LogP contribution >= 0.6 is 0 Å². The maximum absolute atomic E-state index is 5.38. The van der Waals surface area contributed by atoms with Crippen molar-refractivity contribution in [1.82, 2.24) is 0 Å². The summed E-state index contributed by atoms with van der Waals surface area (Å²) >= 11 is 0. The van der Waals surface area contributed by atoms with E-state index in [9.17, 15) is 0 Å². The number of nitrogens with zero attached hydrogens (tertiary/aromatic N) is 2. The van der Waals surface area contributed by atoms with Gasteiger partial charge < -0.3 is 0 Å². The van der Waals surface area contributed by atoms with Crippen molar-refractivity contribution in [3.05, 3.63) is 59.7 Å². The molecule has 0 aliphatic heterocycles. The van der Waals surface area contributed by atoms with E-state index >= 15 is 0 Å². The van der Waals surface area contributed by atoms with Gasteiger partial charge in [-0.1, -0.05) is 245 Å². The molecule has 340 valence electrons. The van der Waals surface area contributed by atoms with Crippen LogP contribution in [-0.2, 0) is 20.4 Å². The maximum atomic E-state index is 5.38. The summed E-state index contributed by atoms with van der Waals surface area (Å²) in [5, 5.41) is 0. The molecule has 0 radical (unpaired) electrons. The van der Waals surface area contributed by atoms with Crippen LogP contribution in [0.2, 0.25) is 39.3 Å². The Kier molecular flexibility index (Phi) is 31.7. The van der Waals surface area contributed by atoms with Crippen molar-refractivity contribution in [3.8, 4) is 0 Å². The third-order valence-electron chi connectivity index (χ3n) is 13.3. The molecule has 0 spiro atoms. The summed E-state index contributed by atoms with van der Waals surface area (Å²) in [5.41, 5.74) is 8.74. The molecule has 0 aliphatic rings. The van der Waals surface area contributed by atoms with Crippen molar-refractivity contribution in [2.75, 3.05) is 0 Å². The summed E-state index contributed by atoms with van der Waals surface area (Å²) in [5.74, 6) is 0. The second-order valence-corrected chi connectivity index (χ2v) is 31.7. The summed E-state index contributed by atoms with van der Waals surface area (Å²) in [6.07, 6.45) is 38.5. The molecule has 2 aromatic rings. The van der Waals surface area contributed by atoms with Crippen LogP contribution in [0.4, 0.5) is 11.4 Å². The van der Waals surface area contributed by atoms with E-state index in [0.717, 1.165) is 30.6 Å². The molecule has 0 heterocycles. The standard InChI is InChI=1S/C54H96N2Si2.Pd/c1-11-13-15-16-17-18-19-20-21-22-23-24-25-26-27-28-29-30-31-32-33-34-35-36-38-54(56-52-45-41-50(42-46-52)48(4)58(8,9)10)53(37-14-12-2)55-51-43-39-49(40-44-51)47(3)57(5,6)7;/h39-48H,11-38H2,1-10H3;. The van der Waals surface area contributed by atoms with Gasteiger partial charge in [0.25, 0.3) is 0 Å². The van der Waals surface area contributed by atoms with E-state index in [4.69, 9.17) is 9.98 Å². The molecule has 59 heavy (non-hydrogen) atoms. The van der Waals surface area contributed by atoms with Gasteiger partial charge in [0.15, 0.2) is 0 Å². The van der Waals surface area contributed by atoms with E-state index in [1.807, 2.05) is 0 Å². The average molecular weight is 936 g/mol. The molecule has 0 aromatic heterocycles. The Hall–Kier alpha value is -1.12. The second kappa shape index (κ2) is 33.4. The molecule has 0 N–H and O–H groups in total. The number of unbranched alkanes of at least 4 members (excludes halogenated alkanes) is 24. The second-order valence-electron chi connectivity index (χ2n) is 20.5. The quantitative estimate of drug-likeness (QED) is 0.0374. The molecular formula is C54H96N2PdSi2. The first kappa shape index (κ1) is 55.9. The Morgan fingerprint density at radius 1 is 0.373 bits per heavy atom. The minimum atomic E-state index is -1.26. The fourth-order valence-electron chi connectivity index (χ4n) is 8.12. The van der Waals surface area contributed by atoms with Gasteiger partial charge >= 0.3 is 0 Å². The topological polar surface area (TPSA) is 24.7 Å². The van der Waals surface area contributed by atoms with Crippen molar-refractivity contribution in [2.24, 2.45) is 9.98 Å². The van der Waals surface area contributed by atoms with Crippen molar-refractivity contribution in [2.45, 2.75) is 258 Å². The first-order chi connectivity index (χ1) is 27.9. The van der Waals surface area contributed by atoms with Crippen LogP contribution < -0.4 is 0 Å². The Morgan fingerprint density at radius 3 is 0.864 bits per heavy atom. The van der Waals surface area contributed by atoms with Gasteiger partial charge in [0.2, 0.25) is 0 Å². The zero-order valence-corrected chi connectivity index (χ0v) is 44.3. The molecule has 5 heteroatoms. The van der Waals surface area contributed by atoms with Crippen LogP contribution in [-0.4, -0.2) is 27.6 Å². The number of benzene rings is 2. The van der Waals surface area contributed by atoms with Crippen molar-refractivity contribution in [1.29, 1.82) is 0 Å². The van der Waals surface area contributed by atoms with Crippen molar-refractivity contribution >= 4 is 38.9 Å². The predicted molar refractivity (Wildman–Crippen MR) is 271 cm³/mol. The zero-order valence-electron chi connectivity index (χ0n) is 40.8. The average Bonchev–Trinajstić information content (AvgIpc) is 3.20. The van der Waals surface area contributed by atoms with Gasteiger partial charge in [-0.2, -0.15) is 0 Å². The van der Waals surface area contributed by atoms with E-state index in [0.29, 0.717) is 11.1 Å². The minimum absolute atomic E-state index is 0. The molecule has 2 nitrogen and oxygen atoms in total. The molecule has 2 rings (SSSR count). The van der Waals surface area contributed by atoms with Gasteiger partial charge in [0, 0.05) is 20.4 Å². The fraction of sp³-hybridized carbons (Fsp3) is 0.741. The molecule has 2 aromatic carbocycles. The Labute approximate surface area is 384 Å². The largest absolute Gasteiger partial charge is 0.252 e. The number of hydrogen-bond donors (Lipinski definition) is 0. The van der Waals surface area contributed by atoms with Gasteiger partial charge in [-0.25, -0.2) is 0 Å². The monoisotopic (exact) mass is 935 g/mol. The maximum Gasteiger partial charge on any atom is 0.0633 e. The third-order valence-corrected chi connectivity index (χ3v) is 19.1. The van der Waals surface area contributed by atoms with Crippen LogP contribution in [0, 0.1) is 0 Å². The van der Waals surface area contributed by atoms with Crippen LogP contribution in [0.25, 0.3) is 0 Å².